The van der Waals surface area contributed by atoms with Crippen LogP contribution < -0.4 is 0 Å². The fourth-order valence-corrected chi connectivity index (χ4v) is 2.64. The highest BCUT2D eigenvalue weighted by molar-refractivity contribution is 6.13. The minimum Gasteiger partial charge on any atom is -0.504 e. The van der Waals surface area contributed by atoms with Gasteiger partial charge in [-0.25, -0.2) is 0 Å². The SMILES string of the molecule is O=C1/C(=C\c2cc(O)c(O)c(O)c2)CCc2cc(O)c(O)cc21. The molecule has 0 saturated heterocycles. The van der Waals surface area contributed by atoms with Crippen molar-refractivity contribution in [1.82, 2.24) is 0 Å². The van der Waals surface area contributed by atoms with Crippen molar-refractivity contribution in [2.24, 2.45) is 0 Å². The van der Waals surface area contributed by atoms with Gasteiger partial charge in [-0.1, -0.05) is 0 Å². The molecule has 118 valence electrons. The van der Waals surface area contributed by atoms with Crippen molar-refractivity contribution >= 4 is 11.9 Å². The Morgan fingerprint density at radius 1 is 0.783 bits per heavy atom. The second kappa shape index (κ2) is 5.24. The molecule has 3 rings (SSSR count). The molecular formula is C17H14O6. The molecule has 5 N–H and O–H groups in total. The Balaban J connectivity index is 2.02. The van der Waals surface area contributed by atoms with E-state index in [0.29, 0.717) is 35.1 Å². The Labute approximate surface area is 131 Å². The van der Waals surface area contributed by atoms with Gasteiger partial charge in [0.2, 0.25) is 0 Å². The zero-order valence-corrected chi connectivity index (χ0v) is 11.9. The second-order valence-corrected chi connectivity index (χ2v) is 5.40. The Kier molecular flexibility index (Phi) is 3.37. The van der Waals surface area contributed by atoms with Crippen LogP contribution in [0, 0.1) is 0 Å². The van der Waals surface area contributed by atoms with Crippen molar-refractivity contribution in [3.05, 3.63) is 46.5 Å². The maximum Gasteiger partial charge on any atom is 0.200 e. The fraction of sp³-hybridized carbons (Fsp3) is 0.118. The number of phenolic OH excluding ortho intramolecular Hbond substituents is 5. The van der Waals surface area contributed by atoms with Gasteiger partial charge in [-0.3, -0.25) is 4.79 Å². The molecule has 0 aliphatic heterocycles. The number of rotatable bonds is 1. The van der Waals surface area contributed by atoms with Gasteiger partial charge in [-0.2, -0.15) is 0 Å². The molecule has 0 spiro atoms. The van der Waals surface area contributed by atoms with Crippen LogP contribution in [0.2, 0.25) is 0 Å². The quantitative estimate of drug-likeness (QED) is 0.407. The number of Topliss-reactive ketones (excluding diaryl/α,β-unsaturated/α-hetero) is 1. The summed E-state index contributed by atoms with van der Waals surface area (Å²) in [5.74, 6) is -2.51. The van der Waals surface area contributed by atoms with E-state index < -0.39 is 17.2 Å². The molecule has 0 radical (unpaired) electrons. The van der Waals surface area contributed by atoms with E-state index in [9.17, 15) is 30.3 Å². The molecule has 0 unspecified atom stereocenters. The van der Waals surface area contributed by atoms with E-state index in [1.807, 2.05) is 0 Å². The van der Waals surface area contributed by atoms with Crippen LogP contribution in [0.5, 0.6) is 28.7 Å². The van der Waals surface area contributed by atoms with Gasteiger partial charge in [0, 0.05) is 11.1 Å². The molecule has 0 fully saturated rings. The molecule has 6 nitrogen and oxygen atoms in total. The topological polar surface area (TPSA) is 118 Å². The van der Waals surface area contributed by atoms with Crippen LogP contribution >= 0.6 is 0 Å². The predicted octanol–water partition coefficient (Wildman–Crippen LogP) is 2.43. The van der Waals surface area contributed by atoms with Crippen LogP contribution in [0.25, 0.3) is 6.08 Å². The van der Waals surface area contributed by atoms with Gasteiger partial charge in [0.25, 0.3) is 0 Å². The van der Waals surface area contributed by atoms with Gasteiger partial charge < -0.3 is 25.5 Å². The molecule has 0 amide bonds. The fourth-order valence-electron chi connectivity index (χ4n) is 2.64. The van der Waals surface area contributed by atoms with Gasteiger partial charge in [0.1, 0.15) is 0 Å². The summed E-state index contributed by atoms with van der Waals surface area (Å²) in [7, 11) is 0. The number of fused-ring (bicyclic) bond motifs is 1. The molecule has 23 heavy (non-hydrogen) atoms. The minimum absolute atomic E-state index is 0.266. The molecule has 0 saturated carbocycles. The first kappa shape index (κ1) is 14.8. The average molecular weight is 314 g/mol. The van der Waals surface area contributed by atoms with Crippen LogP contribution in [0.1, 0.15) is 27.9 Å². The predicted molar refractivity (Wildman–Crippen MR) is 81.8 cm³/mol. The molecule has 0 heterocycles. The van der Waals surface area contributed by atoms with Crippen LogP contribution in [0.15, 0.2) is 29.8 Å². The van der Waals surface area contributed by atoms with Gasteiger partial charge in [0.15, 0.2) is 34.5 Å². The lowest BCUT2D eigenvalue weighted by molar-refractivity contribution is 0.102. The summed E-state index contributed by atoms with van der Waals surface area (Å²) < 4.78 is 0. The maximum absolute atomic E-state index is 12.5. The third-order valence-electron chi connectivity index (χ3n) is 3.83. The Hall–Kier alpha value is -3.15. The third kappa shape index (κ3) is 2.55. The highest BCUT2D eigenvalue weighted by atomic mass is 16.3. The smallest absolute Gasteiger partial charge is 0.200 e. The summed E-state index contributed by atoms with van der Waals surface area (Å²) >= 11 is 0. The second-order valence-electron chi connectivity index (χ2n) is 5.40. The van der Waals surface area contributed by atoms with Gasteiger partial charge in [0.05, 0.1) is 0 Å². The third-order valence-corrected chi connectivity index (χ3v) is 3.83. The molecule has 6 heteroatoms. The van der Waals surface area contributed by atoms with E-state index >= 15 is 0 Å². The number of carbonyl (C=O) groups is 1. The highest BCUT2D eigenvalue weighted by Crippen LogP contribution is 2.38. The molecule has 0 aromatic heterocycles. The average Bonchev–Trinajstić information content (AvgIpc) is 2.50. The Bertz CT molecular complexity index is 827. The first-order valence-corrected chi connectivity index (χ1v) is 6.92. The van der Waals surface area contributed by atoms with Crippen molar-refractivity contribution < 1.29 is 30.3 Å². The normalized spacial score (nSPS) is 15.7. The number of phenols is 5. The number of allylic oxidation sites excluding steroid dienone is 1. The van der Waals surface area contributed by atoms with E-state index in [1.165, 1.54) is 30.3 Å². The summed E-state index contributed by atoms with van der Waals surface area (Å²) in [5, 5.41) is 47.4. The standard InChI is InChI=1S/C17H14O6/c18-12-6-9-1-2-10(16(22)11(9)7-13(12)19)3-8-4-14(20)17(23)15(21)5-8/h3-7,18-21,23H,1-2H2/b10-3-. The molecule has 1 aliphatic carbocycles. The molecule has 1 aliphatic rings. The van der Waals surface area contributed by atoms with Gasteiger partial charge in [-0.15, -0.1) is 0 Å². The first-order valence-electron chi connectivity index (χ1n) is 6.92. The molecule has 0 atom stereocenters. The molecule has 2 aromatic rings. The van der Waals surface area contributed by atoms with Crippen LogP contribution in [0.4, 0.5) is 0 Å². The van der Waals surface area contributed by atoms with Crippen LogP contribution in [-0.2, 0) is 6.42 Å². The largest absolute Gasteiger partial charge is 0.504 e. The Morgan fingerprint density at radius 2 is 1.39 bits per heavy atom. The minimum atomic E-state index is -0.618. The summed E-state index contributed by atoms with van der Waals surface area (Å²) in [6.45, 7) is 0. The lowest BCUT2D eigenvalue weighted by atomic mass is 9.85. The number of carbonyl (C=O) groups excluding carboxylic acids is 1. The van der Waals surface area contributed by atoms with Crippen molar-refractivity contribution in [1.29, 1.82) is 0 Å². The van der Waals surface area contributed by atoms with Crippen molar-refractivity contribution in [3.63, 3.8) is 0 Å². The maximum atomic E-state index is 12.5. The van der Waals surface area contributed by atoms with E-state index in [0.717, 1.165) is 0 Å². The van der Waals surface area contributed by atoms with Crippen molar-refractivity contribution in [3.8, 4) is 28.7 Å². The van der Waals surface area contributed by atoms with Crippen molar-refractivity contribution in [2.75, 3.05) is 0 Å². The first-order chi connectivity index (χ1) is 10.9. The van der Waals surface area contributed by atoms with Crippen LogP contribution in [-0.4, -0.2) is 31.3 Å². The molecular weight excluding hydrogens is 300 g/mol. The number of benzene rings is 2. The monoisotopic (exact) mass is 314 g/mol. The molecule has 0 bridgehead atoms. The van der Waals surface area contributed by atoms with Gasteiger partial charge in [-0.05, 0) is 54.3 Å². The summed E-state index contributed by atoms with van der Waals surface area (Å²) in [5.41, 5.74) is 1.77. The zero-order chi connectivity index (χ0) is 16.7. The number of hydrogen-bond donors (Lipinski definition) is 5. The summed E-state index contributed by atoms with van der Waals surface area (Å²) in [4.78, 5) is 12.5. The lowest BCUT2D eigenvalue weighted by Crippen LogP contribution is -2.14. The van der Waals surface area contributed by atoms with Gasteiger partial charge >= 0.3 is 0 Å². The highest BCUT2D eigenvalue weighted by Gasteiger charge is 2.24. The van der Waals surface area contributed by atoms with E-state index in [4.69, 9.17) is 0 Å². The summed E-state index contributed by atoms with van der Waals surface area (Å²) in [6.07, 6.45) is 2.43. The number of ketones is 1. The number of hydrogen-bond acceptors (Lipinski definition) is 6. The van der Waals surface area contributed by atoms with E-state index in [2.05, 4.69) is 0 Å². The molecule has 2 aromatic carbocycles. The Morgan fingerprint density at radius 3 is 2.04 bits per heavy atom. The lowest BCUT2D eigenvalue weighted by Gasteiger charge is -2.18. The van der Waals surface area contributed by atoms with E-state index in [-0.39, 0.29) is 17.3 Å². The number of aryl methyl sites for hydroxylation is 1. The number of aromatic hydroxyl groups is 5. The van der Waals surface area contributed by atoms with Crippen LogP contribution in [0.3, 0.4) is 0 Å². The summed E-state index contributed by atoms with van der Waals surface area (Å²) in [6, 6.07) is 5.07. The van der Waals surface area contributed by atoms with Crippen molar-refractivity contribution in [2.45, 2.75) is 12.8 Å². The zero-order valence-electron chi connectivity index (χ0n) is 11.9. The van der Waals surface area contributed by atoms with E-state index in [1.54, 1.807) is 0 Å².